The Kier molecular flexibility index (Phi) is 8.64. The normalized spacial score (nSPS) is 13.3. The van der Waals surface area contributed by atoms with Crippen molar-refractivity contribution in [3.63, 3.8) is 0 Å². The van der Waals surface area contributed by atoms with Crippen LogP contribution in [-0.2, 0) is 11.8 Å². The number of hydrogen-bond acceptors (Lipinski definition) is 1. The van der Waals surface area contributed by atoms with E-state index in [1.54, 1.807) is 26.0 Å². The van der Waals surface area contributed by atoms with E-state index in [-0.39, 0.29) is 6.42 Å². The van der Waals surface area contributed by atoms with Crippen LogP contribution in [0.3, 0.4) is 0 Å². The summed E-state index contributed by atoms with van der Waals surface area (Å²) >= 11 is 0. The fraction of sp³-hybridized carbons (Fsp3) is 0.333. The van der Waals surface area contributed by atoms with Gasteiger partial charge in [-0.05, 0) is 127 Å². The zero-order valence-corrected chi connectivity index (χ0v) is 25.4. The quantitative estimate of drug-likeness (QED) is 0.219. The zero-order chi connectivity index (χ0) is 32.1. The third-order valence-electron chi connectivity index (χ3n) is 8.91. The van der Waals surface area contributed by atoms with Gasteiger partial charge in [-0.1, -0.05) is 66.7 Å². The second-order valence-corrected chi connectivity index (χ2v) is 11.7. The van der Waals surface area contributed by atoms with E-state index in [0.717, 1.165) is 41.0 Å². The summed E-state index contributed by atoms with van der Waals surface area (Å²) in [5.41, 5.74) is 1.20. The molecule has 0 saturated carbocycles. The van der Waals surface area contributed by atoms with Crippen molar-refractivity contribution >= 4 is 0 Å². The van der Waals surface area contributed by atoms with Gasteiger partial charge in [-0.2, -0.15) is 26.3 Å². The Morgan fingerprint density at radius 2 is 1.00 bits per heavy atom. The van der Waals surface area contributed by atoms with Crippen LogP contribution in [-0.4, -0.2) is 17.5 Å². The maximum atomic E-state index is 14.9. The predicted molar refractivity (Wildman–Crippen MR) is 159 cm³/mol. The molecule has 7 heteroatoms. The molecule has 0 aromatic heterocycles. The van der Waals surface area contributed by atoms with Crippen LogP contribution in [0.5, 0.6) is 0 Å². The second-order valence-electron chi connectivity index (χ2n) is 11.7. The minimum absolute atomic E-state index is 0.0958. The number of halogens is 6. The van der Waals surface area contributed by atoms with Crippen LogP contribution in [0.4, 0.5) is 26.3 Å². The molecule has 1 N–H and O–H groups in total. The summed E-state index contributed by atoms with van der Waals surface area (Å²) in [5, 5.41) is 11.1. The Bertz CT molecular complexity index is 1650. The summed E-state index contributed by atoms with van der Waals surface area (Å²) < 4.78 is 89.6. The van der Waals surface area contributed by atoms with Gasteiger partial charge in [-0.15, -0.1) is 0 Å². The molecular formula is C36H36F6O. The van der Waals surface area contributed by atoms with Crippen LogP contribution in [0.2, 0.25) is 0 Å². The molecule has 1 unspecified atom stereocenters. The van der Waals surface area contributed by atoms with Crippen molar-refractivity contribution in [1.82, 2.24) is 0 Å². The molecular weight excluding hydrogens is 562 g/mol. The molecule has 43 heavy (non-hydrogen) atoms. The SMILES string of the molecule is Cc1ccc(C(O)c2ccc(C)c(Cc3cc(C(c4ccc(C)c(C)c4)(C(F)(F)F)C(F)(F)F)cc(C)c3C)c2)cc1C. The van der Waals surface area contributed by atoms with Gasteiger partial charge in [-0.3, -0.25) is 0 Å². The average Bonchev–Trinajstić information content (AvgIpc) is 2.90. The number of aryl methyl sites for hydroxylation is 6. The maximum absolute atomic E-state index is 14.9. The van der Waals surface area contributed by atoms with Crippen LogP contribution in [0.25, 0.3) is 0 Å². The van der Waals surface area contributed by atoms with Gasteiger partial charge in [0.2, 0.25) is 5.41 Å². The summed E-state index contributed by atoms with van der Waals surface area (Å²) in [6.45, 7) is 12.1. The molecule has 0 bridgehead atoms. The van der Waals surface area contributed by atoms with Gasteiger partial charge in [0, 0.05) is 0 Å². The van der Waals surface area contributed by atoms with Gasteiger partial charge < -0.3 is 5.11 Å². The first-order valence-corrected chi connectivity index (χ1v) is 14.0. The highest BCUT2D eigenvalue weighted by Gasteiger charge is 2.72. The van der Waals surface area contributed by atoms with E-state index < -0.39 is 35.0 Å². The Morgan fingerprint density at radius 3 is 1.53 bits per heavy atom. The van der Waals surface area contributed by atoms with Crippen molar-refractivity contribution < 1.29 is 31.4 Å². The van der Waals surface area contributed by atoms with E-state index in [1.165, 1.54) is 19.9 Å². The zero-order valence-electron chi connectivity index (χ0n) is 25.4. The lowest BCUT2D eigenvalue weighted by molar-refractivity contribution is -0.288. The Morgan fingerprint density at radius 1 is 0.512 bits per heavy atom. The molecule has 0 saturated heterocycles. The van der Waals surface area contributed by atoms with Crippen LogP contribution >= 0.6 is 0 Å². The van der Waals surface area contributed by atoms with E-state index in [2.05, 4.69) is 0 Å². The van der Waals surface area contributed by atoms with E-state index in [0.29, 0.717) is 44.5 Å². The van der Waals surface area contributed by atoms with Crippen LogP contribution in [0, 0.1) is 48.5 Å². The largest absolute Gasteiger partial charge is 0.411 e. The highest BCUT2D eigenvalue weighted by molar-refractivity contribution is 5.52. The Balaban J connectivity index is 1.89. The molecule has 0 aliphatic heterocycles. The van der Waals surface area contributed by atoms with E-state index in [1.807, 2.05) is 45.0 Å². The molecule has 4 aromatic rings. The van der Waals surface area contributed by atoms with Crippen molar-refractivity contribution in [3.05, 3.63) is 139 Å². The van der Waals surface area contributed by atoms with Gasteiger partial charge in [0.05, 0.1) is 0 Å². The van der Waals surface area contributed by atoms with E-state index in [4.69, 9.17) is 0 Å². The van der Waals surface area contributed by atoms with Crippen molar-refractivity contribution in [2.24, 2.45) is 0 Å². The molecule has 0 aliphatic rings. The molecule has 0 radical (unpaired) electrons. The number of hydrogen-bond donors (Lipinski definition) is 1. The predicted octanol–water partition coefficient (Wildman–Crippen LogP) is 9.93. The molecule has 0 heterocycles. The highest BCUT2D eigenvalue weighted by Crippen LogP contribution is 2.56. The number of benzene rings is 4. The Hall–Kier alpha value is -3.58. The average molecular weight is 599 g/mol. The Labute approximate surface area is 249 Å². The molecule has 4 aromatic carbocycles. The fourth-order valence-corrected chi connectivity index (χ4v) is 5.67. The lowest BCUT2D eigenvalue weighted by Crippen LogP contribution is -2.55. The summed E-state index contributed by atoms with van der Waals surface area (Å²) in [5.74, 6) is 0. The lowest BCUT2D eigenvalue weighted by Gasteiger charge is -2.39. The van der Waals surface area contributed by atoms with Gasteiger partial charge in [0.15, 0.2) is 0 Å². The first kappa shape index (κ1) is 32.3. The summed E-state index contributed by atoms with van der Waals surface area (Å²) in [6.07, 6.45) is -12.2. The van der Waals surface area contributed by atoms with Crippen molar-refractivity contribution in [2.75, 3.05) is 0 Å². The lowest BCUT2D eigenvalue weighted by atomic mass is 9.71. The first-order valence-electron chi connectivity index (χ1n) is 14.0. The number of aliphatic hydroxyl groups excluding tert-OH is 1. The van der Waals surface area contributed by atoms with Crippen LogP contribution in [0.15, 0.2) is 66.7 Å². The third-order valence-corrected chi connectivity index (χ3v) is 8.91. The van der Waals surface area contributed by atoms with Crippen molar-refractivity contribution in [1.29, 1.82) is 0 Å². The molecule has 228 valence electrons. The maximum Gasteiger partial charge on any atom is 0.411 e. The van der Waals surface area contributed by atoms with Crippen LogP contribution in [0.1, 0.15) is 78.4 Å². The second kappa shape index (κ2) is 11.5. The number of aliphatic hydroxyl groups is 1. The molecule has 0 fully saturated rings. The van der Waals surface area contributed by atoms with Crippen LogP contribution < -0.4 is 0 Å². The molecule has 0 spiro atoms. The number of rotatable bonds is 6. The third kappa shape index (κ3) is 5.84. The summed E-state index contributed by atoms with van der Waals surface area (Å²) in [6, 6.07) is 16.3. The molecule has 0 amide bonds. The van der Waals surface area contributed by atoms with E-state index >= 15 is 0 Å². The fourth-order valence-electron chi connectivity index (χ4n) is 5.67. The van der Waals surface area contributed by atoms with Crippen molar-refractivity contribution in [3.8, 4) is 0 Å². The monoisotopic (exact) mass is 598 g/mol. The van der Waals surface area contributed by atoms with E-state index in [9.17, 15) is 31.4 Å². The first-order chi connectivity index (χ1) is 19.9. The van der Waals surface area contributed by atoms with Gasteiger partial charge in [-0.25, -0.2) is 0 Å². The molecule has 4 rings (SSSR count). The summed E-state index contributed by atoms with van der Waals surface area (Å²) in [7, 11) is 0. The molecule has 1 atom stereocenters. The smallest absolute Gasteiger partial charge is 0.384 e. The van der Waals surface area contributed by atoms with Gasteiger partial charge >= 0.3 is 12.4 Å². The minimum Gasteiger partial charge on any atom is -0.384 e. The van der Waals surface area contributed by atoms with Gasteiger partial charge in [0.1, 0.15) is 6.10 Å². The molecule has 1 nitrogen and oxygen atoms in total. The van der Waals surface area contributed by atoms with Gasteiger partial charge in [0.25, 0.3) is 0 Å². The topological polar surface area (TPSA) is 20.2 Å². The highest BCUT2D eigenvalue weighted by atomic mass is 19.4. The standard InChI is InChI=1S/C36H36F6O/c1-20-8-11-27(14-23(20)4)33(43)28-12-9-22(3)29(17-28)18-30-19-32(16-25(6)26(30)7)34(35(37,38)39,36(40,41)42)31-13-10-21(2)24(5)15-31/h8-17,19,33,43H,18H2,1-7H3. The number of alkyl halides is 6. The minimum atomic E-state index is -5.67. The molecule has 0 aliphatic carbocycles. The van der Waals surface area contributed by atoms with Crippen molar-refractivity contribution in [2.45, 2.75) is 78.8 Å². The summed E-state index contributed by atoms with van der Waals surface area (Å²) in [4.78, 5) is 0.